The molecule has 0 aromatic carbocycles. The predicted molar refractivity (Wildman–Crippen MR) is 87.5 cm³/mol. The molecule has 2 aromatic rings. The number of hydrogen-bond donors (Lipinski definition) is 0. The molecule has 3 heterocycles. The van der Waals surface area contributed by atoms with Crippen molar-refractivity contribution in [2.24, 2.45) is 0 Å². The molecule has 124 valence electrons. The van der Waals surface area contributed by atoms with Crippen molar-refractivity contribution in [3.05, 3.63) is 23.8 Å². The van der Waals surface area contributed by atoms with Crippen molar-refractivity contribution in [1.82, 2.24) is 20.0 Å². The molecule has 0 amide bonds. The van der Waals surface area contributed by atoms with Gasteiger partial charge >= 0.3 is 0 Å². The quantitative estimate of drug-likeness (QED) is 0.864. The second kappa shape index (κ2) is 6.66. The summed E-state index contributed by atoms with van der Waals surface area (Å²) in [6.45, 7) is 8.57. The Labute approximate surface area is 136 Å². The van der Waals surface area contributed by atoms with Crippen molar-refractivity contribution in [3.63, 3.8) is 0 Å². The normalized spacial score (nSPS) is 16.9. The summed E-state index contributed by atoms with van der Waals surface area (Å²) >= 11 is 0. The summed E-state index contributed by atoms with van der Waals surface area (Å²) < 4.78 is 10.8. The Morgan fingerprint density at radius 2 is 2.04 bits per heavy atom. The van der Waals surface area contributed by atoms with Crippen LogP contribution < -0.4 is 4.74 Å². The highest BCUT2D eigenvalue weighted by Gasteiger charge is 2.26. The molecule has 0 radical (unpaired) electrons. The standard InChI is InChI=1S/C17H24N4O2/c1-11(2)21-7-5-13(6-8-21)16-19-17(23-20-16)14-9-15(22-4)12(3)18-10-14/h9-11,13H,5-8H2,1-4H3. The van der Waals surface area contributed by atoms with E-state index in [9.17, 15) is 0 Å². The zero-order valence-electron chi connectivity index (χ0n) is 14.2. The highest BCUT2D eigenvalue weighted by molar-refractivity contribution is 5.55. The number of aryl methyl sites for hydroxylation is 1. The van der Waals surface area contributed by atoms with Gasteiger partial charge in [0.15, 0.2) is 5.82 Å². The molecule has 0 N–H and O–H groups in total. The maximum Gasteiger partial charge on any atom is 0.259 e. The number of ether oxygens (including phenoxy) is 1. The van der Waals surface area contributed by atoms with Crippen molar-refractivity contribution in [2.75, 3.05) is 20.2 Å². The van der Waals surface area contributed by atoms with Crippen LogP contribution in [0.4, 0.5) is 0 Å². The lowest BCUT2D eigenvalue weighted by Gasteiger charge is -2.33. The van der Waals surface area contributed by atoms with E-state index < -0.39 is 0 Å². The number of hydrogen-bond acceptors (Lipinski definition) is 6. The Hall–Kier alpha value is -1.95. The molecule has 0 unspecified atom stereocenters. The van der Waals surface area contributed by atoms with Gasteiger partial charge in [0.05, 0.1) is 18.4 Å². The number of pyridine rings is 1. The molecule has 0 bridgehead atoms. The maximum atomic E-state index is 5.45. The number of nitrogens with zero attached hydrogens (tertiary/aromatic N) is 4. The molecule has 0 saturated carbocycles. The largest absolute Gasteiger partial charge is 0.495 e. The molecule has 0 atom stereocenters. The van der Waals surface area contributed by atoms with Gasteiger partial charge in [-0.1, -0.05) is 5.16 Å². The molecule has 1 aliphatic rings. The minimum absolute atomic E-state index is 0.378. The summed E-state index contributed by atoms with van der Waals surface area (Å²) in [6.07, 6.45) is 3.90. The zero-order chi connectivity index (χ0) is 16.4. The van der Waals surface area contributed by atoms with E-state index in [0.717, 1.165) is 48.8 Å². The molecule has 1 aliphatic heterocycles. The van der Waals surface area contributed by atoms with Crippen LogP contribution in [0.15, 0.2) is 16.8 Å². The van der Waals surface area contributed by atoms with Gasteiger partial charge in [0, 0.05) is 18.2 Å². The fourth-order valence-corrected chi connectivity index (χ4v) is 3.03. The molecule has 0 spiro atoms. The van der Waals surface area contributed by atoms with Crippen LogP contribution in [0.3, 0.4) is 0 Å². The lowest BCUT2D eigenvalue weighted by Crippen LogP contribution is -2.38. The van der Waals surface area contributed by atoms with Crippen molar-refractivity contribution >= 4 is 0 Å². The Morgan fingerprint density at radius 1 is 1.30 bits per heavy atom. The Balaban J connectivity index is 1.74. The first-order valence-corrected chi connectivity index (χ1v) is 8.17. The van der Waals surface area contributed by atoms with Gasteiger partial charge in [-0.05, 0) is 52.8 Å². The van der Waals surface area contributed by atoms with E-state index >= 15 is 0 Å². The monoisotopic (exact) mass is 316 g/mol. The van der Waals surface area contributed by atoms with Crippen LogP contribution in [0.2, 0.25) is 0 Å². The number of piperidine rings is 1. The lowest BCUT2D eigenvalue weighted by molar-refractivity contribution is 0.168. The van der Waals surface area contributed by atoms with E-state index in [1.165, 1.54) is 0 Å². The number of rotatable bonds is 4. The molecule has 3 rings (SSSR count). The molecule has 1 fully saturated rings. The Morgan fingerprint density at radius 3 is 2.70 bits per heavy atom. The third-order valence-corrected chi connectivity index (χ3v) is 4.57. The number of aromatic nitrogens is 3. The summed E-state index contributed by atoms with van der Waals surface area (Å²) in [5.41, 5.74) is 1.64. The van der Waals surface area contributed by atoms with E-state index in [0.29, 0.717) is 17.9 Å². The first-order valence-electron chi connectivity index (χ1n) is 8.17. The summed E-state index contributed by atoms with van der Waals surface area (Å²) in [6, 6.07) is 2.49. The fraction of sp³-hybridized carbons (Fsp3) is 0.588. The summed E-state index contributed by atoms with van der Waals surface area (Å²) in [5, 5.41) is 4.19. The minimum Gasteiger partial charge on any atom is -0.495 e. The van der Waals surface area contributed by atoms with E-state index in [1.54, 1.807) is 13.3 Å². The maximum absolute atomic E-state index is 5.45. The van der Waals surface area contributed by atoms with Gasteiger partial charge in [-0.2, -0.15) is 4.98 Å². The van der Waals surface area contributed by atoms with Gasteiger partial charge in [0.1, 0.15) is 5.75 Å². The molecule has 6 nitrogen and oxygen atoms in total. The van der Waals surface area contributed by atoms with E-state index in [4.69, 9.17) is 9.26 Å². The topological polar surface area (TPSA) is 64.3 Å². The van der Waals surface area contributed by atoms with Crippen LogP contribution in [-0.2, 0) is 0 Å². The SMILES string of the molecule is COc1cc(-c2nc(C3CCN(C(C)C)CC3)no2)cnc1C. The average molecular weight is 316 g/mol. The molecule has 6 heteroatoms. The van der Waals surface area contributed by atoms with Crippen molar-refractivity contribution in [3.8, 4) is 17.2 Å². The lowest BCUT2D eigenvalue weighted by atomic mass is 9.95. The van der Waals surface area contributed by atoms with Crippen molar-refractivity contribution in [2.45, 2.75) is 45.6 Å². The van der Waals surface area contributed by atoms with Crippen molar-refractivity contribution < 1.29 is 9.26 Å². The predicted octanol–water partition coefficient (Wildman–Crippen LogP) is 3.04. The summed E-state index contributed by atoms with van der Waals surface area (Å²) in [4.78, 5) is 11.4. The van der Waals surface area contributed by atoms with E-state index in [1.807, 2.05) is 13.0 Å². The molecule has 1 saturated heterocycles. The van der Waals surface area contributed by atoms with Crippen molar-refractivity contribution in [1.29, 1.82) is 0 Å². The molecular weight excluding hydrogens is 292 g/mol. The van der Waals surface area contributed by atoms with Crippen LogP contribution in [-0.4, -0.2) is 46.3 Å². The van der Waals surface area contributed by atoms with Crippen LogP contribution in [0.1, 0.15) is 44.1 Å². The zero-order valence-corrected chi connectivity index (χ0v) is 14.2. The first-order chi connectivity index (χ1) is 11.1. The van der Waals surface area contributed by atoms with Crippen LogP contribution in [0, 0.1) is 6.92 Å². The van der Waals surface area contributed by atoms with Gasteiger partial charge < -0.3 is 14.2 Å². The molecule has 23 heavy (non-hydrogen) atoms. The Bertz CT molecular complexity index is 660. The van der Waals surface area contributed by atoms with Gasteiger partial charge in [-0.3, -0.25) is 4.98 Å². The third kappa shape index (κ3) is 3.37. The molecule has 0 aliphatic carbocycles. The third-order valence-electron chi connectivity index (χ3n) is 4.57. The highest BCUT2D eigenvalue weighted by Crippen LogP contribution is 2.29. The smallest absolute Gasteiger partial charge is 0.259 e. The van der Waals surface area contributed by atoms with Gasteiger partial charge in [0.2, 0.25) is 0 Å². The van der Waals surface area contributed by atoms with Crippen LogP contribution in [0.5, 0.6) is 5.75 Å². The van der Waals surface area contributed by atoms with Crippen LogP contribution >= 0.6 is 0 Å². The fourth-order valence-electron chi connectivity index (χ4n) is 3.03. The number of likely N-dealkylation sites (tertiary alicyclic amines) is 1. The summed E-state index contributed by atoms with van der Waals surface area (Å²) in [5.74, 6) is 2.43. The Kier molecular flexibility index (Phi) is 4.61. The number of methoxy groups -OCH3 is 1. The van der Waals surface area contributed by atoms with Gasteiger partial charge in [-0.25, -0.2) is 0 Å². The second-order valence-corrected chi connectivity index (χ2v) is 6.37. The van der Waals surface area contributed by atoms with Crippen LogP contribution in [0.25, 0.3) is 11.5 Å². The highest BCUT2D eigenvalue weighted by atomic mass is 16.5. The van der Waals surface area contributed by atoms with Gasteiger partial charge in [-0.15, -0.1) is 0 Å². The molecule has 2 aromatic heterocycles. The average Bonchev–Trinajstić information content (AvgIpc) is 3.05. The van der Waals surface area contributed by atoms with E-state index in [2.05, 4.69) is 33.9 Å². The molecular formula is C17H24N4O2. The van der Waals surface area contributed by atoms with Gasteiger partial charge in [0.25, 0.3) is 5.89 Å². The minimum atomic E-state index is 0.378. The van der Waals surface area contributed by atoms with E-state index in [-0.39, 0.29) is 0 Å². The first kappa shape index (κ1) is 15.9. The second-order valence-electron chi connectivity index (χ2n) is 6.37. The summed E-state index contributed by atoms with van der Waals surface area (Å²) in [7, 11) is 1.63.